The highest BCUT2D eigenvalue weighted by molar-refractivity contribution is 7.91. The van der Waals surface area contributed by atoms with Gasteiger partial charge in [-0.05, 0) is 31.5 Å². The SMILES string of the molecule is O=C(C1CCCCN1CCS(=O)(=O)c1ccccc1)N1CCOCC1. The molecule has 1 unspecified atom stereocenters. The summed E-state index contributed by atoms with van der Waals surface area (Å²) >= 11 is 0. The molecule has 0 saturated carbocycles. The summed E-state index contributed by atoms with van der Waals surface area (Å²) in [5, 5.41) is 0. The van der Waals surface area contributed by atoms with Gasteiger partial charge in [0.1, 0.15) is 0 Å². The van der Waals surface area contributed by atoms with Crippen molar-refractivity contribution in [3.05, 3.63) is 30.3 Å². The third kappa shape index (κ3) is 4.59. The summed E-state index contributed by atoms with van der Waals surface area (Å²) in [7, 11) is -3.32. The summed E-state index contributed by atoms with van der Waals surface area (Å²) < 4.78 is 30.3. The second-order valence-corrected chi connectivity index (χ2v) is 8.73. The van der Waals surface area contributed by atoms with E-state index in [4.69, 9.17) is 4.74 Å². The standard InChI is InChI=1S/C18H26N2O4S/c21-18(20-10-13-24-14-11-20)17-8-4-5-9-19(17)12-15-25(22,23)16-6-2-1-3-7-16/h1-3,6-7,17H,4-5,8-15H2. The summed E-state index contributed by atoms with van der Waals surface area (Å²) in [6, 6.07) is 8.33. The molecular formula is C18H26N2O4S. The maximum absolute atomic E-state index is 12.8. The number of morpholine rings is 1. The van der Waals surface area contributed by atoms with E-state index in [0.717, 1.165) is 25.8 Å². The smallest absolute Gasteiger partial charge is 0.240 e. The Morgan fingerprint density at radius 2 is 1.80 bits per heavy atom. The molecule has 0 aliphatic carbocycles. The zero-order valence-corrected chi connectivity index (χ0v) is 15.3. The molecule has 2 aliphatic heterocycles. The van der Waals surface area contributed by atoms with Crippen molar-refractivity contribution in [2.24, 2.45) is 0 Å². The van der Waals surface area contributed by atoms with E-state index in [1.807, 2.05) is 4.90 Å². The average molecular weight is 366 g/mol. The number of hydrogen-bond acceptors (Lipinski definition) is 5. The second-order valence-electron chi connectivity index (χ2n) is 6.62. The molecule has 2 aliphatic rings. The summed E-state index contributed by atoms with van der Waals surface area (Å²) in [6.07, 6.45) is 2.84. The Kier molecular flexibility index (Phi) is 6.09. The Bertz CT molecular complexity index is 672. The van der Waals surface area contributed by atoms with Gasteiger partial charge in [0, 0.05) is 19.6 Å². The molecule has 0 aromatic heterocycles. The lowest BCUT2D eigenvalue weighted by Gasteiger charge is -2.38. The molecule has 25 heavy (non-hydrogen) atoms. The third-order valence-corrected chi connectivity index (χ3v) is 6.68. The van der Waals surface area contributed by atoms with Crippen LogP contribution in [-0.2, 0) is 19.4 Å². The number of amides is 1. The molecule has 1 atom stereocenters. The number of nitrogens with zero attached hydrogens (tertiary/aromatic N) is 2. The van der Waals surface area contributed by atoms with Crippen LogP contribution in [0, 0.1) is 0 Å². The molecule has 0 bridgehead atoms. The fourth-order valence-corrected chi connectivity index (χ4v) is 4.80. The van der Waals surface area contributed by atoms with Crippen LogP contribution in [0.15, 0.2) is 35.2 Å². The number of sulfone groups is 1. The van der Waals surface area contributed by atoms with Crippen LogP contribution < -0.4 is 0 Å². The van der Waals surface area contributed by atoms with Crippen LogP contribution in [-0.4, -0.2) is 75.3 Å². The van der Waals surface area contributed by atoms with E-state index < -0.39 is 9.84 Å². The maximum Gasteiger partial charge on any atom is 0.240 e. The molecule has 1 aromatic carbocycles. The van der Waals surface area contributed by atoms with Gasteiger partial charge in [-0.1, -0.05) is 24.6 Å². The molecule has 3 rings (SSSR count). The van der Waals surface area contributed by atoms with Gasteiger partial charge in [0.25, 0.3) is 0 Å². The highest BCUT2D eigenvalue weighted by atomic mass is 32.2. The number of piperidine rings is 1. The van der Waals surface area contributed by atoms with Crippen LogP contribution in [0.1, 0.15) is 19.3 Å². The van der Waals surface area contributed by atoms with Crippen molar-refractivity contribution in [2.45, 2.75) is 30.2 Å². The highest BCUT2D eigenvalue weighted by Crippen LogP contribution is 2.20. The fourth-order valence-electron chi connectivity index (χ4n) is 3.52. The molecule has 2 fully saturated rings. The van der Waals surface area contributed by atoms with Gasteiger partial charge in [-0.25, -0.2) is 8.42 Å². The first kappa shape index (κ1) is 18.4. The van der Waals surface area contributed by atoms with Crippen LogP contribution >= 0.6 is 0 Å². The predicted molar refractivity (Wildman–Crippen MR) is 95.1 cm³/mol. The lowest BCUT2D eigenvalue weighted by molar-refractivity contribution is -0.142. The number of ether oxygens (including phenoxy) is 1. The van der Waals surface area contributed by atoms with Gasteiger partial charge in [-0.2, -0.15) is 0 Å². The summed E-state index contributed by atoms with van der Waals surface area (Å²) in [6.45, 7) is 3.61. The van der Waals surface area contributed by atoms with E-state index in [1.165, 1.54) is 0 Å². The first-order chi connectivity index (χ1) is 12.1. The molecule has 0 spiro atoms. The van der Waals surface area contributed by atoms with E-state index in [-0.39, 0.29) is 17.7 Å². The minimum atomic E-state index is -3.32. The summed E-state index contributed by atoms with van der Waals surface area (Å²) in [5.74, 6) is 0.171. The van der Waals surface area contributed by atoms with Gasteiger partial charge in [0.05, 0.1) is 29.9 Å². The molecule has 138 valence electrons. The van der Waals surface area contributed by atoms with Crippen LogP contribution in [0.4, 0.5) is 0 Å². The Balaban J connectivity index is 1.64. The molecule has 1 aromatic rings. The Morgan fingerprint density at radius 1 is 1.08 bits per heavy atom. The van der Waals surface area contributed by atoms with Gasteiger partial charge in [0.15, 0.2) is 9.84 Å². The largest absolute Gasteiger partial charge is 0.378 e. The zero-order valence-electron chi connectivity index (χ0n) is 14.5. The minimum absolute atomic E-state index is 0.0455. The molecule has 6 nitrogen and oxygen atoms in total. The number of hydrogen-bond donors (Lipinski definition) is 0. The van der Waals surface area contributed by atoms with E-state index in [2.05, 4.69) is 4.90 Å². The molecule has 2 heterocycles. The second kappa shape index (κ2) is 8.29. The van der Waals surface area contributed by atoms with Gasteiger partial charge in [-0.15, -0.1) is 0 Å². The molecular weight excluding hydrogens is 340 g/mol. The molecule has 0 N–H and O–H groups in total. The van der Waals surface area contributed by atoms with Crippen molar-refractivity contribution in [3.8, 4) is 0 Å². The van der Waals surface area contributed by atoms with E-state index in [0.29, 0.717) is 37.7 Å². The molecule has 2 saturated heterocycles. The summed E-state index contributed by atoms with van der Waals surface area (Å²) in [4.78, 5) is 17.1. The number of benzene rings is 1. The van der Waals surface area contributed by atoms with Crippen LogP contribution in [0.25, 0.3) is 0 Å². The van der Waals surface area contributed by atoms with Crippen molar-refractivity contribution in [2.75, 3.05) is 45.1 Å². The predicted octanol–water partition coefficient (Wildman–Crippen LogP) is 1.17. The lowest BCUT2D eigenvalue weighted by Crippen LogP contribution is -2.54. The summed E-state index contributed by atoms with van der Waals surface area (Å²) in [5.41, 5.74) is 0. The average Bonchev–Trinajstić information content (AvgIpc) is 2.67. The van der Waals surface area contributed by atoms with Crippen LogP contribution in [0.3, 0.4) is 0 Å². The van der Waals surface area contributed by atoms with Gasteiger partial charge < -0.3 is 9.64 Å². The molecule has 1 amide bonds. The van der Waals surface area contributed by atoms with Gasteiger partial charge in [0.2, 0.25) is 5.91 Å². The molecule has 7 heteroatoms. The first-order valence-corrected chi connectivity index (χ1v) is 10.6. The highest BCUT2D eigenvalue weighted by Gasteiger charge is 2.33. The Morgan fingerprint density at radius 3 is 2.52 bits per heavy atom. The topological polar surface area (TPSA) is 66.9 Å². The Labute approximate surface area is 149 Å². The lowest BCUT2D eigenvalue weighted by atomic mass is 10.0. The maximum atomic E-state index is 12.8. The van der Waals surface area contributed by atoms with Crippen LogP contribution in [0.5, 0.6) is 0 Å². The van der Waals surface area contributed by atoms with Crippen molar-refractivity contribution in [1.29, 1.82) is 0 Å². The minimum Gasteiger partial charge on any atom is -0.378 e. The quantitative estimate of drug-likeness (QED) is 0.783. The van der Waals surface area contributed by atoms with Crippen molar-refractivity contribution < 1.29 is 17.9 Å². The van der Waals surface area contributed by atoms with E-state index >= 15 is 0 Å². The van der Waals surface area contributed by atoms with E-state index in [9.17, 15) is 13.2 Å². The Hall–Kier alpha value is -1.44. The van der Waals surface area contributed by atoms with E-state index in [1.54, 1.807) is 30.3 Å². The fraction of sp³-hybridized carbons (Fsp3) is 0.611. The number of rotatable bonds is 5. The van der Waals surface area contributed by atoms with Gasteiger partial charge >= 0.3 is 0 Å². The normalized spacial score (nSPS) is 22.7. The third-order valence-electron chi connectivity index (χ3n) is 4.97. The number of likely N-dealkylation sites (tertiary alicyclic amines) is 1. The van der Waals surface area contributed by atoms with Crippen LogP contribution in [0.2, 0.25) is 0 Å². The zero-order chi connectivity index (χ0) is 17.7. The molecule has 0 radical (unpaired) electrons. The van der Waals surface area contributed by atoms with Crippen molar-refractivity contribution in [3.63, 3.8) is 0 Å². The van der Waals surface area contributed by atoms with Crippen molar-refractivity contribution in [1.82, 2.24) is 9.80 Å². The van der Waals surface area contributed by atoms with Gasteiger partial charge in [-0.3, -0.25) is 9.69 Å². The number of carbonyl (C=O) groups is 1. The first-order valence-electron chi connectivity index (χ1n) is 8.96. The number of carbonyl (C=O) groups excluding carboxylic acids is 1. The monoisotopic (exact) mass is 366 g/mol. The van der Waals surface area contributed by atoms with Crippen molar-refractivity contribution >= 4 is 15.7 Å².